The van der Waals surface area contributed by atoms with Crippen LogP contribution in [0, 0.1) is 0 Å². The molecule has 1 N–H and O–H groups in total. The van der Waals surface area contributed by atoms with Gasteiger partial charge in [0.25, 0.3) is 0 Å². The molecule has 1 aromatic carbocycles. The Hall–Kier alpha value is -0.770. The number of para-hydroxylation sites is 1. The predicted molar refractivity (Wildman–Crippen MR) is 70.6 cm³/mol. The first kappa shape index (κ1) is 11.7. The zero-order valence-corrected chi connectivity index (χ0v) is 10.9. The highest BCUT2D eigenvalue weighted by molar-refractivity contribution is 7.09. The van der Waals surface area contributed by atoms with Crippen LogP contribution in [-0.4, -0.2) is 4.98 Å². The third-order valence-corrected chi connectivity index (χ3v) is 3.79. The number of halogens is 2. The van der Waals surface area contributed by atoms with Crippen LogP contribution in [-0.2, 0) is 0 Å². The lowest BCUT2D eigenvalue weighted by atomic mass is 10.2. The van der Waals surface area contributed by atoms with Crippen molar-refractivity contribution in [3.8, 4) is 0 Å². The Labute approximate surface area is 108 Å². The SMILES string of the molecule is CC(Nc1c(Cl)cccc1Cl)c1cncs1. The van der Waals surface area contributed by atoms with E-state index in [0.717, 1.165) is 10.6 Å². The minimum Gasteiger partial charge on any atom is -0.375 e. The van der Waals surface area contributed by atoms with Gasteiger partial charge in [-0.2, -0.15) is 0 Å². The summed E-state index contributed by atoms with van der Waals surface area (Å²) in [5.41, 5.74) is 2.58. The smallest absolute Gasteiger partial charge is 0.0795 e. The van der Waals surface area contributed by atoms with Gasteiger partial charge in [0.2, 0.25) is 0 Å². The average Bonchev–Trinajstić information content (AvgIpc) is 2.76. The second kappa shape index (κ2) is 5.04. The molecule has 2 rings (SSSR count). The van der Waals surface area contributed by atoms with Crippen molar-refractivity contribution in [1.82, 2.24) is 4.98 Å². The largest absolute Gasteiger partial charge is 0.375 e. The molecule has 1 heterocycles. The quantitative estimate of drug-likeness (QED) is 0.882. The van der Waals surface area contributed by atoms with Crippen molar-refractivity contribution in [1.29, 1.82) is 0 Å². The summed E-state index contributed by atoms with van der Waals surface area (Å²) in [5, 5.41) is 4.54. The number of rotatable bonds is 3. The van der Waals surface area contributed by atoms with Crippen LogP contribution in [0.1, 0.15) is 17.8 Å². The molecule has 2 aromatic rings. The van der Waals surface area contributed by atoms with E-state index in [-0.39, 0.29) is 6.04 Å². The molecule has 0 aliphatic heterocycles. The molecule has 1 unspecified atom stereocenters. The van der Waals surface area contributed by atoms with Gasteiger partial charge in [-0.1, -0.05) is 29.3 Å². The number of thiazole rings is 1. The van der Waals surface area contributed by atoms with E-state index in [2.05, 4.69) is 10.3 Å². The van der Waals surface area contributed by atoms with E-state index in [1.807, 2.05) is 36.8 Å². The van der Waals surface area contributed by atoms with Crippen molar-refractivity contribution in [3.05, 3.63) is 44.8 Å². The molecular weight excluding hydrogens is 263 g/mol. The first-order valence-corrected chi connectivity index (χ1v) is 6.41. The van der Waals surface area contributed by atoms with Gasteiger partial charge in [0.1, 0.15) is 0 Å². The van der Waals surface area contributed by atoms with Crippen molar-refractivity contribution in [3.63, 3.8) is 0 Å². The minimum atomic E-state index is 0.143. The van der Waals surface area contributed by atoms with E-state index in [1.165, 1.54) is 0 Å². The Balaban J connectivity index is 2.21. The summed E-state index contributed by atoms with van der Waals surface area (Å²) < 4.78 is 0. The first-order chi connectivity index (χ1) is 7.68. The number of nitrogens with one attached hydrogen (secondary N) is 1. The van der Waals surface area contributed by atoms with Gasteiger partial charge >= 0.3 is 0 Å². The number of aromatic nitrogens is 1. The summed E-state index contributed by atoms with van der Waals surface area (Å²) >= 11 is 13.8. The molecule has 0 bridgehead atoms. The molecule has 1 atom stereocenters. The van der Waals surface area contributed by atoms with Gasteiger partial charge in [-0.05, 0) is 19.1 Å². The molecule has 84 valence electrons. The molecular formula is C11H10Cl2N2S. The lowest BCUT2D eigenvalue weighted by Crippen LogP contribution is -2.05. The first-order valence-electron chi connectivity index (χ1n) is 4.77. The Morgan fingerprint density at radius 2 is 2.00 bits per heavy atom. The van der Waals surface area contributed by atoms with Crippen molar-refractivity contribution in [2.45, 2.75) is 13.0 Å². The molecule has 0 aliphatic carbocycles. The fourth-order valence-electron chi connectivity index (χ4n) is 1.36. The van der Waals surface area contributed by atoms with E-state index < -0.39 is 0 Å². The van der Waals surface area contributed by atoms with Crippen LogP contribution in [0.3, 0.4) is 0 Å². The number of hydrogen-bond donors (Lipinski definition) is 1. The van der Waals surface area contributed by atoms with Gasteiger partial charge in [0.15, 0.2) is 0 Å². The Kier molecular flexibility index (Phi) is 3.69. The summed E-state index contributed by atoms with van der Waals surface area (Å²) in [7, 11) is 0. The zero-order chi connectivity index (χ0) is 11.5. The van der Waals surface area contributed by atoms with Crippen LogP contribution >= 0.6 is 34.5 Å². The maximum absolute atomic E-state index is 6.08. The van der Waals surface area contributed by atoms with Crippen LogP contribution in [0.25, 0.3) is 0 Å². The molecule has 0 saturated heterocycles. The molecule has 0 aliphatic rings. The van der Waals surface area contributed by atoms with Crippen LogP contribution in [0.2, 0.25) is 10.0 Å². The van der Waals surface area contributed by atoms with E-state index in [1.54, 1.807) is 11.3 Å². The fraction of sp³-hybridized carbons (Fsp3) is 0.182. The second-order valence-corrected chi connectivity index (χ2v) is 5.10. The van der Waals surface area contributed by atoms with Crippen LogP contribution in [0.15, 0.2) is 29.9 Å². The summed E-state index contributed by atoms with van der Waals surface area (Å²) in [6, 6.07) is 5.60. The van der Waals surface area contributed by atoms with Crippen molar-refractivity contribution >= 4 is 40.2 Å². The van der Waals surface area contributed by atoms with Gasteiger partial charge in [-0.25, -0.2) is 0 Å². The Bertz CT molecular complexity index is 451. The zero-order valence-electron chi connectivity index (χ0n) is 8.58. The monoisotopic (exact) mass is 272 g/mol. The highest BCUT2D eigenvalue weighted by Crippen LogP contribution is 2.33. The Morgan fingerprint density at radius 3 is 2.56 bits per heavy atom. The molecule has 0 saturated carbocycles. The van der Waals surface area contributed by atoms with Gasteiger partial charge in [0, 0.05) is 11.1 Å². The maximum Gasteiger partial charge on any atom is 0.0795 e. The summed E-state index contributed by atoms with van der Waals surface area (Å²) in [6.45, 7) is 2.05. The highest BCUT2D eigenvalue weighted by atomic mass is 35.5. The van der Waals surface area contributed by atoms with E-state index in [9.17, 15) is 0 Å². The lowest BCUT2D eigenvalue weighted by molar-refractivity contribution is 0.904. The molecule has 5 heteroatoms. The number of hydrogen-bond acceptors (Lipinski definition) is 3. The third-order valence-electron chi connectivity index (χ3n) is 2.20. The normalized spacial score (nSPS) is 12.4. The van der Waals surface area contributed by atoms with Crippen LogP contribution in [0.5, 0.6) is 0 Å². The molecule has 0 spiro atoms. The van der Waals surface area contributed by atoms with Crippen LogP contribution in [0.4, 0.5) is 5.69 Å². The average molecular weight is 273 g/mol. The van der Waals surface area contributed by atoms with Crippen molar-refractivity contribution in [2.24, 2.45) is 0 Å². The van der Waals surface area contributed by atoms with E-state index in [4.69, 9.17) is 23.2 Å². The van der Waals surface area contributed by atoms with E-state index >= 15 is 0 Å². The maximum atomic E-state index is 6.08. The molecule has 0 fully saturated rings. The minimum absolute atomic E-state index is 0.143. The molecule has 0 radical (unpaired) electrons. The summed E-state index contributed by atoms with van der Waals surface area (Å²) in [6.07, 6.45) is 1.84. The highest BCUT2D eigenvalue weighted by Gasteiger charge is 2.11. The van der Waals surface area contributed by atoms with Gasteiger partial charge < -0.3 is 5.32 Å². The third kappa shape index (κ3) is 2.48. The van der Waals surface area contributed by atoms with Gasteiger partial charge in [-0.3, -0.25) is 4.98 Å². The second-order valence-electron chi connectivity index (χ2n) is 3.37. The Morgan fingerprint density at radius 1 is 1.31 bits per heavy atom. The van der Waals surface area contributed by atoms with Gasteiger partial charge in [0.05, 0.1) is 27.3 Å². The molecule has 2 nitrogen and oxygen atoms in total. The summed E-state index contributed by atoms with van der Waals surface area (Å²) in [4.78, 5) is 5.19. The fourth-order valence-corrected chi connectivity index (χ4v) is 2.50. The molecule has 16 heavy (non-hydrogen) atoms. The summed E-state index contributed by atoms with van der Waals surface area (Å²) in [5.74, 6) is 0. The van der Waals surface area contributed by atoms with Crippen molar-refractivity contribution < 1.29 is 0 Å². The molecule has 0 amide bonds. The molecule has 1 aromatic heterocycles. The number of benzene rings is 1. The van der Waals surface area contributed by atoms with Crippen LogP contribution < -0.4 is 5.32 Å². The topological polar surface area (TPSA) is 24.9 Å². The number of nitrogens with zero attached hydrogens (tertiary/aromatic N) is 1. The standard InChI is InChI=1S/C11H10Cl2N2S/c1-7(10-5-14-6-16-10)15-11-8(12)3-2-4-9(11)13/h2-7,15H,1H3. The predicted octanol–water partition coefficient (Wildman–Crippen LogP) is 4.62. The van der Waals surface area contributed by atoms with Gasteiger partial charge in [-0.15, -0.1) is 11.3 Å². The lowest BCUT2D eigenvalue weighted by Gasteiger charge is -2.15. The van der Waals surface area contributed by atoms with E-state index in [0.29, 0.717) is 10.0 Å². The van der Waals surface area contributed by atoms with Crippen molar-refractivity contribution in [2.75, 3.05) is 5.32 Å². The number of anilines is 1.